The zero-order valence-electron chi connectivity index (χ0n) is 16.1. The molecule has 6 heteroatoms. The normalized spacial score (nSPS) is 26.3. The van der Waals surface area contributed by atoms with Gasteiger partial charge in [-0.2, -0.15) is 0 Å². The van der Waals surface area contributed by atoms with Gasteiger partial charge in [-0.15, -0.1) is 0 Å². The molecule has 1 aliphatic heterocycles. The number of ether oxygens (including phenoxy) is 1. The number of furan rings is 1. The molecule has 3 atom stereocenters. The van der Waals surface area contributed by atoms with Crippen LogP contribution in [0.15, 0.2) is 75.8 Å². The van der Waals surface area contributed by atoms with Crippen molar-refractivity contribution in [3.8, 4) is 5.75 Å². The van der Waals surface area contributed by atoms with Crippen LogP contribution in [-0.2, 0) is 4.79 Å². The molecule has 150 valence electrons. The van der Waals surface area contributed by atoms with Crippen LogP contribution >= 0.6 is 15.9 Å². The van der Waals surface area contributed by atoms with Crippen molar-refractivity contribution >= 4 is 33.5 Å². The van der Waals surface area contributed by atoms with Gasteiger partial charge in [0.2, 0.25) is 5.78 Å². The number of esters is 1. The van der Waals surface area contributed by atoms with Gasteiger partial charge in [0.25, 0.3) is 0 Å². The van der Waals surface area contributed by atoms with Gasteiger partial charge >= 0.3 is 5.97 Å². The summed E-state index contributed by atoms with van der Waals surface area (Å²) < 4.78 is 11.8. The maximum absolute atomic E-state index is 13.8. The van der Waals surface area contributed by atoms with Gasteiger partial charge in [0, 0.05) is 21.5 Å². The standard InChI is InChI=1S/C24H17BrO5/c1-2-23(20(26)14-7-4-3-5-8-14)19-16-13-15(25)10-11-17(16)30-22(28)24(19,23)21(27)18-9-6-12-29-18/h3-13,19H,2H2,1H3/t19-,23+,24+/m0/s1. The summed E-state index contributed by atoms with van der Waals surface area (Å²) in [6, 6.07) is 17.2. The van der Waals surface area contributed by atoms with Crippen molar-refractivity contribution in [1.29, 1.82) is 0 Å². The van der Waals surface area contributed by atoms with E-state index in [1.54, 1.807) is 42.5 Å². The maximum Gasteiger partial charge on any atom is 0.327 e. The second kappa shape index (κ2) is 6.51. The van der Waals surface area contributed by atoms with E-state index in [1.807, 2.05) is 19.1 Å². The molecule has 3 aromatic rings. The number of hydrogen-bond acceptors (Lipinski definition) is 5. The predicted molar refractivity (Wildman–Crippen MR) is 111 cm³/mol. The Hall–Kier alpha value is -2.99. The fourth-order valence-corrected chi connectivity index (χ4v) is 5.56. The summed E-state index contributed by atoms with van der Waals surface area (Å²) >= 11 is 3.46. The zero-order chi connectivity index (χ0) is 21.1. The van der Waals surface area contributed by atoms with Crippen molar-refractivity contribution in [1.82, 2.24) is 0 Å². The second-order valence-corrected chi connectivity index (χ2v) is 8.55. The number of ketones is 2. The molecule has 5 rings (SSSR count). The Morgan fingerprint density at radius 3 is 2.47 bits per heavy atom. The highest BCUT2D eigenvalue weighted by atomic mass is 79.9. The summed E-state index contributed by atoms with van der Waals surface area (Å²) in [5.41, 5.74) is -1.76. The lowest BCUT2D eigenvalue weighted by molar-refractivity contribution is -0.140. The van der Waals surface area contributed by atoms with E-state index in [4.69, 9.17) is 9.15 Å². The van der Waals surface area contributed by atoms with E-state index in [-0.39, 0.29) is 11.5 Å². The highest BCUT2D eigenvalue weighted by molar-refractivity contribution is 9.10. The lowest BCUT2D eigenvalue weighted by Crippen LogP contribution is -2.39. The highest BCUT2D eigenvalue weighted by Crippen LogP contribution is 2.80. The van der Waals surface area contributed by atoms with Gasteiger partial charge in [-0.3, -0.25) is 14.4 Å². The second-order valence-electron chi connectivity index (χ2n) is 7.64. The lowest BCUT2D eigenvalue weighted by atomic mass is 9.80. The number of fused-ring (bicyclic) bond motifs is 3. The van der Waals surface area contributed by atoms with Gasteiger partial charge in [0.05, 0.1) is 11.7 Å². The summed E-state index contributed by atoms with van der Waals surface area (Å²) in [5.74, 6) is -1.65. The predicted octanol–water partition coefficient (Wildman–Crippen LogP) is 5.21. The fraction of sp³-hybridized carbons (Fsp3) is 0.208. The monoisotopic (exact) mass is 464 g/mol. The van der Waals surface area contributed by atoms with Crippen molar-refractivity contribution in [2.45, 2.75) is 19.3 Å². The topological polar surface area (TPSA) is 73.6 Å². The van der Waals surface area contributed by atoms with Crippen molar-refractivity contribution < 1.29 is 23.5 Å². The van der Waals surface area contributed by atoms with Gasteiger partial charge in [-0.25, -0.2) is 0 Å². The molecule has 30 heavy (non-hydrogen) atoms. The average molecular weight is 465 g/mol. The van der Waals surface area contributed by atoms with Crippen LogP contribution in [-0.4, -0.2) is 17.5 Å². The van der Waals surface area contributed by atoms with Crippen LogP contribution in [0.1, 0.15) is 45.7 Å². The van der Waals surface area contributed by atoms with E-state index in [9.17, 15) is 14.4 Å². The third-order valence-electron chi connectivity index (χ3n) is 6.46. The van der Waals surface area contributed by atoms with Gasteiger partial charge < -0.3 is 9.15 Å². The van der Waals surface area contributed by atoms with E-state index in [2.05, 4.69) is 15.9 Å². The maximum atomic E-state index is 13.8. The number of carbonyl (C=O) groups excluding carboxylic acids is 3. The quantitative estimate of drug-likeness (QED) is 0.224. The molecule has 1 aromatic heterocycles. The first-order chi connectivity index (χ1) is 14.5. The van der Waals surface area contributed by atoms with Crippen molar-refractivity contribution in [3.05, 3.63) is 88.3 Å². The Bertz CT molecular complexity index is 1180. The minimum atomic E-state index is -1.65. The van der Waals surface area contributed by atoms with Gasteiger partial charge in [0.1, 0.15) is 5.75 Å². The Morgan fingerprint density at radius 2 is 1.80 bits per heavy atom. The molecular weight excluding hydrogens is 448 g/mol. The van der Waals surface area contributed by atoms with E-state index in [0.717, 1.165) is 4.47 Å². The van der Waals surface area contributed by atoms with E-state index in [0.29, 0.717) is 23.3 Å². The number of rotatable bonds is 5. The van der Waals surface area contributed by atoms with Crippen LogP contribution in [0, 0.1) is 10.8 Å². The smallest absolute Gasteiger partial charge is 0.327 e. The van der Waals surface area contributed by atoms with E-state index in [1.165, 1.54) is 12.3 Å². The molecule has 5 nitrogen and oxygen atoms in total. The van der Waals surface area contributed by atoms with Crippen molar-refractivity contribution in [3.63, 3.8) is 0 Å². The molecule has 0 spiro atoms. The summed E-state index contributed by atoms with van der Waals surface area (Å²) in [4.78, 5) is 40.9. The molecule has 2 heterocycles. The molecule has 0 unspecified atom stereocenters. The molecule has 0 bridgehead atoms. The van der Waals surface area contributed by atoms with Crippen LogP contribution < -0.4 is 4.74 Å². The molecule has 0 N–H and O–H groups in total. The lowest BCUT2D eigenvalue weighted by Gasteiger charge is -2.22. The van der Waals surface area contributed by atoms with Crippen LogP contribution in [0.25, 0.3) is 0 Å². The molecular formula is C24H17BrO5. The van der Waals surface area contributed by atoms with E-state index < -0.39 is 28.5 Å². The molecule has 0 saturated heterocycles. The third-order valence-corrected chi connectivity index (χ3v) is 6.95. The third kappa shape index (κ3) is 2.20. The number of halogens is 1. The van der Waals surface area contributed by atoms with Crippen molar-refractivity contribution in [2.24, 2.45) is 10.8 Å². The molecule has 2 aromatic carbocycles. The number of carbonyl (C=O) groups is 3. The Morgan fingerprint density at radius 1 is 1.03 bits per heavy atom. The van der Waals surface area contributed by atoms with Crippen LogP contribution in [0.4, 0.5) is 0 Å². The first-order valence-corrected chi connectivity index (χ1v) is 10.5. The fourth-order valence-electron chi connectivity index (χ4n) is 5.18. The van der Waals surface area contributed by atoms with Crippen molar-refractivity contribution in [2.75, 3.05) is 0 Å². The summed E-state index contributed by atoms with van der Waals surface area (Å²) in [7, 11) is 0. The summed E-state index contributed by atoms with van der Waals surface area (Å²) in [6.07, 6.45) is 1.69. The largest absolute Gasteiger partial charge is 0.461 e. The van der Waals surface area contributed by atoms with Crippen LogP contribution in [0.5, 0.6) is 5.75 Å². The Balaban J connectivity index is 1.78. The van der Waals surface area contributed by atoms with E-state index >= 15 is 0 Å². The molecule has 2 aliphatic rings. The number of benzene rings is 2. The number of Topliss-reactive ketones (excluding diaryl/α,β-unsaturated/α-hetero) is 2. The van der Waals surface area contributed by atoms with Gasteiger partial charge in [-0.05, 0) is 36.8 Å². The van der Waals surface area contributed by atoms with Crippen LogP contribution in [0.2, 0.25) is 0 Å². The number of hydrogen-bond donors (Lipinski definition) is 0. The summed E-state index contributed by atoms with van der Waals surface area (Å²) in [5, 5.41) is 0. The van der Waals surface area contributed by atoms with Gasteiger partial charge in [-0.1, -0.05) is 53.2 Å². The Labute approximate surface area is 181 Å². The molecule has 1 saturated carbocycles. The first kappa shape index (κ1) is 19.0. The average Bonchev–Trinajstić information content (AvgIpc) is 3.07. The summed E-state index contributed by atoms with van der Waals surface area (Å²) in [6.45, 7) is 1.83. The molecule has 1 aliphatic carbocycles. The molecule has 1 fully saturated rings. The molecule has 0 amide bonds. The minimum Gasteiger partial charge on any atom is -0.461 e. The van der Waals surface area contributed by atoms with Gasteiger partial charge in [0.15, 0.2) is 17.0 Å². The minimum absolute atomic E-state index is 0.0478. The molecule has 0 radical (unpaired) electrons. The Kier molecular flexibility index (Phi) is 4.12. The SMILES string of the molecule is CC[C@]1(C(=O)c2ccccc2)[C@@H]2c3cc(Br)ccc3OC(=O)[C@]21C(=O)c1ccco1. The highest BCUT2D eigenvalue weighted by Gasteiger charge is 2.89. The zero-order valence-corrected chi connectivity index (χ0v) is 17.6. The van der Waals surface area contributed by atoms with Crippen LogP contribution in [0.3, 0.4) is 0 Å². The first-order valence-electron chi connectivity index (χ1n) is 9.68.